The third kappa shape index (κ3) is 8.23. The third-order valence-corrected chi connectivity index (χ3v) is 6.91. The molecule has 31 heavy (non-hydrogen) atoms. The molecule has 0 fully saturated rings. The molecule has 0 spiro atoms. The molecule has 0 aliphatic rings. The topological polar surface area (TPSA) is 49.4 Å². The van der Waals surface area contributed by atoms with Gasteiger partial charge in [0.2, 0.25) is 11.8 Å². The maximum atomic E-state index is 13.1. The van der Waals surface area contributed by atoms with Gasteiger partial charge in [0.15, 0.2) is 0 Å². The van der Waals surface area contributed by atoms with Crippen LogP contribution in [0.2, 0.25) is 15.1 Å². The van der Waals surface area contributed by atoms with Crippen molar-refractivity contribution in [2.24, 2.45) is 0 Å². The molecular weight excluding hydrogens is 475 g/mol. The Hall–Kier alpha value is -1.40. The smallest absolute Gasteiger partial charge is 0.242 e. The van der Waals surface area contributed by atoms with Crippen LogP contribution in [0.25, 0.3) is 0 Å². The van der Waals surface area contributed by atoms with E-state index in [0.717, 1.165) is 16.9 Å². The van der Waals surface area contributed by atoms with Gasteiger partial charge in [0.1, 0.15) is 6.04 Å². The second kappa shape index (κ2) is 12.6. The number of thioether (sulfide) groups is 1. The summed E-state index contributed by atoms with van der Waals surface area (Å²) in [4.78, 5) is 28.5. The molecule has 1 N–H and O–H groups in total. The fraction of sp³-hybridized carbons (Fsp3) is 0.391. The highest BCUT2D eigenvalue weighted by molar-refractivity contribution is 7.99. The lowest BCUT2D eigenvalue weighted by Gasteiger charge is -2.30. The van der Waals surface area contributed by atoms with Crippen LogP contribution >= 0.6 is 46.6 Å². The first-order valence-electron chi connectivity index (χ1n) is 10.1. The molecule has 0 saturated heterocycles. The summed E-state index contributed by atoms with van der Waals surface area (Å²) in [7, 11) is 0. The highest BCUT2D eigenvalue weighted by Crippen LogP contribution is 2.25. The molecule has 0 aromatic heterocycles. The molecule has 0 unspecified atom stereocenters. The zero-order valence-electron chi connectivity index (χ0n) is 17.8. The maximum absolute atomic E-state index is 13.1. The Bertz CT molecular complexity index is 893. The fourth-order valence-corrected chi connectivity index (χ4v) is 4.10. The standard InChI is InChI=1S/C23H27Cl3N2O2S/c1-4-15(2)27-23(30)16(3)28(14-17-5-10-20(25)21(26)13-17)22(29)11-12-31-19-8-6-18(24)7-9-19/h5-10,13,15-16H,4,11-12,14H2,1-3H3,(H,27,30)/t15-,16+/m0/s1. The molecule has 2 amide bonds. The molecule has 0 aliphatic carbocycles. The van der Waals surface area contributed by atoms with Crippen molar-refractivity contribution in [3.05, 3.63) is 63.1 Å². The minimum Gasteiger partial charge on any atom is -0.352 e. The van der Waals surface area contributed by atoms with E-state index >= 15 is 0 Å². The highest BCUT2D eigenvalue weighted by atomic mass is 35.5. The van der Waals surface area contributed by atoms with Gasteiger partial charge in [-0.25, -0.2) is 0 Å². The number of carbonyl (C=O) groups excluding carboxylic acids is 2. The van der Waals surface area contributed by atoms with Crippen LogP contribution in [-0.4, -0.2) is 34.6 Å². The van der Waals surface area contributed by atoms with Crippen molar-refractivity contribution < 1.29 is 9.59 Å². The lowest BCUT2D eigenvalue weighted by atomic mass is 10.1. The summed E-state index contributed by atoms with van der Waals surface area (Å²) < 4.78 is 0. The maximum Gasteiger partial charge on any atom is 0.242 e. The first-order chi connectivity index (χ1) is 14.7. The van der Waals surface area contributed by atoms with E-state index in [1.807, 2.05) is 44.2 Å². The molecule has 2 rings (SSSR count). The number of halogens is 3. The normalized spacial score (nSPS) is 12.8. The molecule has 0 heterocycles. The van der Waals surface area contributed by atoms with E-state index in [0.29, 0.717) is 27.2 Å². The van der Waals surface area contributed by atoms with E-state index < -0.39 is 6.04 Å². The molecule has 0 aliphatic heterocycles. The predicted molar refractivity (Wildman–Crippen MR) is 131 cm³/mol. The van der Waals surface area contributed by atoms with E-state index in [2.05, 4.69) is 5.32 Å². The summed E-state index contributed by atoms with van der Waals surface area (Å²) in [5, 5.41) is 4.50. The van der Waals surface area contributed by atoms with Crippen LogP contribution in [0.15, 0.2) is 47.4 Å². The predicted octanol–water partition coefficient (Wildman–Crippen LogP) is 6.46. The van der Waals surface area contributed by atoms with E-state index in [9.17, 15) is 9.59 Å². The minimum absolute atomic E-state index is 0.0392. The SMILES string of the molecule is CC[C@H](C)NC(=O)[C@@H](C)N(Cc1ccc(Cl)c(Cl)c1)C(=O)CCSc1ccc(Cl)cc1. The molecule has 0 radical (unpaired) electrons. The summed E-state index contributed by atoms with van der Waals surface area (Å²) in [6.07, 6.45) is 1.12. The molecule has 2 atom stereocenters. The number of amides is 2. The quantitative estimate of drug-likeness (QED) is 0.380. The van der Waals surface area contributed by atoms with Gasteiger partial charge in [-0.05, 0) is 62.2 Å². The monoisotopic (exact) mass is 500 g/mol. The number of benzene rings is 2. The second-order valence-electron chi connectivity index (χ2n) is 7.32. The molecule has 4 nitrogen and oxygen atoms in total. The molecular formula is C23H27Cl3N2O2S. The average Bonchev–Trinajstić information content (AvgIpc) is 2.75. The molecule has 2 aromatic carbocycles. The first-order valence-corrected chi connectivity index (χ1v) is 12.2. The third-order valence-electron chi connectivity index (χ3n) is 4.90. The van der Waals surface area contributed by atoms with Crippen molar-refractivity contribution in [1.82, 2.24) is 10.2 Å². The Labute approximate surface area is 203 Å². The second-order valence-corrected chi connectivity index (χ2v) is 9.74. The number of nitrogens with one attached hydrogen (secondary N) is 1. The Morgan fingerprint density at radius 3 is 2.32 bits per heavy atom. The Morgan fingerprint density at radius 1 is 1.03 bits per heavy atom. The highest BCUT2D eigenvalue weighted by Gasteiger charge is 2.26. The zero-order chi connectivity index (χ0) is 23.0. The van der Waals surface area contributed by atoms with Crippen LogP contribution in [0.3, 0.4) is 0 Å². The van der Waals surface area contributed by atoms with Gasteiger partial charge in [-0.15, -0.1) is 11.8 Å². The molecule has 0 saturated carbocycles. The van der Waals surface area contributed by atoms with Gasteiger partial charge in [-0.3, -0.25) is 9.59 Å². The van der Waals surface area contributed by atoms with Gasteiger partial charge in [-0.2, -0.15) is 0 Å². The van der Waals surface area contributed by atoms with Gasteiger partial charge < -0.3 is 10.2 Å². The van der Waals surface area contributed by atoms with Gasteiger partial charge in [-0.1, -0.05) is 47.8 Å². The van der Waals surface area contributed by atoms with Crippen molar-refractivity contribution in [2.75, 3.05) is 5.75 Å². The number of hydrogen-bond acceptors (Lipinski definition) is 3. The Morgan fingerprint density at radius 2 is 1.71 bits per heavy atom. The lowest BCUT2D eigenvalue weighted by molar-refractivity contribution is -0.140. The summed E-state index contributed by atoms with van der Waals surface area (Å²) in [6, 6.07) is 12.2. The van der Waals surface area contributed by atoms with Crippen molar-refractivity contribution in [3.63, 3.8) is 0 Å². The lowest BCUT2D eigenvalue weighted by Crippen LogP contribution is -2.49. The number of carbonyl (C=O) groups is 2. The zero-order valence-corrected chi connectivity index (χ0v) is 20.9. The molecule has 0 bridgehead atoms. The fourth-order valence-electron chi connectivity index (χ4n) is 2.81. The number of rotatable bonds is 10. The van der Waals surface area contributed by atoms with Crippen LogP contribution < -0.4 is 5.32 Å². The Balaban J connectivity index is 2.10. The van der Waals surface area contributed by atoms with E-state index in [-0.39, 0.29) is 24.4 Å². The van der Waals surface area contributed by atoms with Crippen LogP contribution in [0.1, 0.15) is 39.2 Å². The Kier molecular flexibility index (Phi) is 10.5. The van der Waals surface area contributed by atoms with Crippen molar-refractivity contribution in [2.45, 2.75) is 57.1 Å². The summed E-state index contributed by atoms with van der Waals surface area (Å²) in [6.45, 7) is 5.97. The van der Waals surface area contributed by atoms with Crippen LogP contribution in [-0.2, 0) is 16.1 Å². The summed E-state index contributed by atoms with van der Waals surface area (Å²) in [5.41, 5.74) is 0.816. The summed E-state index contributed by atoms with van der Waals surface area (Å²) in [5.74, 6) is 0.324. The first kappa shape index (κ1) is 25.9. The van der Waals surface area contributed by atoms with E-state index in [1.165, 1.54) is 0 Å². The van der Waals surface area contributed by atoms with Gasteiger partial charge in [0.05, 0.1) is 10.0 Å². The largest absolute Gasteiger partial charge is 0.352 e. The van der Waals surface area contributed by atoms with Crippen molar-refractivity contribution in [1.29, 1.82) is 0 Å². The van der Waals surface area contributed by atoms with Crippen molar-refractivity contribution >= 4 is 58.4 Å². The summed E-state index contributed by atoms with van der Waals surface area (Å²) >= 11 is 19.7. The van der Waals surface area contributed by atoms with Crippen LogP contribution in [0, 0.1) is 0 Å². The molecule has 2 aromatic rings. The van der Waals surface area contributed by atoms with Gasteiger partial charge in [0.25, 0.3) is 0 Å². The molecule has 168 valence electrons. The van der Waals surface area contributed by atoms with Gasteiger partial charge in [0, 0.05) is 34.7 Å². The van der Waals surface area contributed by atoms with Crippen molar-refractivity contribution in [3.8, 4) is 0 Å². The average molecular weight is 502 g/mol. The van der Waals surface area contributed by atoms with Gasteiger partial charge >= 0.3 is 0 Å². The van der Waals surface area contributed by atoms with Crippen LogP contribution in [0.4, 0.5) is 0 Å². The molecule has 8 heteroatoms. The number of hydrogen-bond donors (Lipinski definition) is 1. The number of nitrogens with zero attached hydrogens (tertiary/aromatic N) is 1. The minimum atomic E-state index is -0.614. The van der Waals surface area contributed by atoms with E-state index in [4.69, 9.17) is 34.8 Å². The van der Waals surface area contributed by atoms with Crippen LogP contribution in [0.5, 0.6) is 0 Å². The van der Waals surface area contributed by atoms with E-state index in [1.54, 1.807) is 35.7 Å².